The molecule has 0 radical (unpaired) electrons. The summed E-state index contributed by atoms with van der Waals surface area (Å²) in [4.78, 5) is 0. The van der Waals surface area contributed by atoms with E-state index >= 15 is 0 Å². The molecule has 1 aliphatic carbocycles. The third kappa shape index (κ3) is 2.64. The number of hydrogen-bond acceptors (Lipinski definition) is 2. The van der Waals surface area contributed by atoms with Crippen molar-refractivity contribution < 1.29 is 8.96 Å². The summed E-state index contributed by atoms with van der Waals surface area (Å²) in [6, 6.07) is 4.96. The molecule has 2 nitrogen and oxygen atoms in total. The molecular weight excluding hydrogens is 260 g/mol. The molecule has 4 heteroatoms. The maximum Gasteiger partial charge on any atom is 0.124 e. The van der Waals surface area contributed by atoms with Crippen molar-refractivity contribution in [1.82, 2.24) is 5.32 Å². The van der Waals surface area contributed by atoms with Crippen molar-refractivity contribution in [2.75, 3.05) is 26.4 Å². The molecule has 0 unspecified atom stereocenters. The smallest absolute Gasteiger partial charge is 0.124 e. The molecule has 1 saturated carbocycles. The van der Waals surface area contributed by atoms with Gasteiger partial charge in [0.1, 0.15) is 13.0 Å². The number of nitrogens with one attached hydrogen (secondary N) is 1. The first kappa shape index (κ1) is 13.3. The molecule has 0 amide bonds. The first-order chi connectivity index (χ1) is 8.86. The standard InChI is InChI=1S/C15H21FNOP/c1-19(2,18)14-5-11(4-13(16)6-14)3-12-7-15(8-12)9-17-10-15/h4-6,12,17H,3,7-10H2,1-2H3. The van der Waals surface area contributed by atoms with Gasteiger partial charge in [-0.15, -0.1) is 0 Å². The fourth-order valence-corrected chi connectivity index (χ4v) is 4.38. The van der Waals surface area contributed by atoms with Crippen LogP contribution in [-0.2, 0) is 11.0 Å². The average molecular weight is 281 g/mol. The molecular formula is C15H21FNOP. The van der Waals surface area contributed by atoms with Crippen LogP contribution in [0.2, 0.25) is 0 Å². The van der Waals surface area contributed by atoms with Crippen molar-refractivity contribution >= 4 is 12.4 Å². The van der Waals surface area contributed by atoms with Crippen LogP contribution in [0.1, 0.15) is 18.4 Å². The van der Waals surface area contributed by atoms with Crippen LogP contribution in [0, 0.1) is 17.2 Å². The van der Waals surface area contributed by atoms with Crippen molar-refractivity contribution in [3.05, 3.63) is 29.6 Å². The number of halogens is 1. The first-order valence-electron chi connectivity index (χ1n) is 6.92. The van der Waals surface area contributed by atoms with Crippen molar-refractivity contribution in [2.24, 2.45) is 11.3 Å². The van der Waals surface area contributed by atoms with E-state index in [1.807, 2.05) is 6.07 Å². The van der Waals surface area contributed by atoms with Crippen LogP contribution in [0.3, 0.4) is 0 Å². The summed E-state index contributed by atoms with van der Waals surface area (Å²) in [7, 11) is -2.38. The van der Waals surface area contributed by atoms with Crippen molar-refractivity contribution in [3.8, 4) is 0 Å². The highest BCUT2D eigenvalue weighted by Gasteiger charge is 2.47. The second-order valence-corrected chi connectivity index (χ2v) is 9.97. The zero-order valence-electron chi connectivity index (χ0n) is 11.6. The fourth-order valence-electron chi connectivity index (χ4n) is 3.47. The third-order valence-electron chi connectivity index (χ3n) is 4.53. The first-order valence-corrected chi connectivity index (χ1v) is 9.52. The van der Waals surface area contributed by atoms with Gasteiger partial charge in [0.05, 0.1) is 0 Å². The Kier molecular flexibility index (Phi) is 3.11. The Balaban J connectivity index is 1.71. The predicted octanol–water partition coefficient (Wildman–Crippen LogP) is 2.62. The van der Waals surface area contributed by atoms with Crippen molar-refractivity contribution in [1.29, 1.82) is 0 Å². The zero-order chi connectivity index (χ0) is 13.7. The van der Waals surface area contributed by atoms with Gasteiger partial charge in [-0.1, -0.05) is 0 Å². The van der Waals surface area contributed by atoms with Crippen LogP contribution in [0.15, 0.2) is 18.2 Å². The molecule has 0 atom stereocenters. The van der Waals surface area contributed by atoms with Crippen LogP contribution < -0.4 is 10.6 Å². The SMILES string of the molecule is CP(C)(=O)c1cc(F)cc(CC2CC3(CNC3)C2)c1. The summed E-state index contributed by atoms with van der Waals surface area (Å²) in [6.45, 7) is 5.70. The molecule has 0 aromatic heterocycles. The summed E-state index contributed by atoms with van der Waals surface area (Å²) in [5.41, 5.74) is 1.57. The highest BCUT2D eigenvalue weighted by Crippen LogP contribution is 2.49. The second-order valence-electron chi connectivity index (χ2n) is 6.75. The number of benzene rings is 1. The van der Waals surface area contributed by atoms with E-state index < -0.39 is 7.14 Å². The maximum absolute atomic E-state index is 13.6. The lowest BCUT2D eigenvalue weighted by Gasteiger charge is -2.54. The topological polar surface area (TPSA) is 29.1 Å². The monoisotopic (exact) mass is 281 g/mol. The van der Waals surface area contributed by atoms with Gasteiger partial charge in [0, 0.05) is 18.4 Å². The van der Waals surface area contributed by atoms with Crippen LogP contribution in [-0.4, -0.2) is 26.4 Å². The summed E-state index contributed by atoms with van der Waals surface area (Å²) < 4.78 is 25.7. The molecule has 1 N–H and O–H groups in total. The quantitative estimate of drug-likeness (QED) is 0.863. The molecule has 0 bridgehead atoms. The summed E-state index contributed by atoms with van der Waals surface area (Å²) in [5, 5.41) is 4.00. The van der Waals surface area contributed by atoms with Gasteiger partial charge >= 0.3 is 0 Å². The molecule has 3 rings (SSSR count). The highest BCUT2D eigenvalue weighted by atomic mass is 31.2. The highest BCUT2D eigenvalue weighted by molar-refractivity contribution is 7.70. The Morgan fingerprint density at radius 2 is 2.00 bits per heavy atom. The third-order valence-corrected chi connectivity index (χ3v) is 6.03. The Morgan fingerprint density at radius 1 is 1.32 bits per heavy atom. The van der Waals surface area contributed by atoms with Crippen molar-refractivity contribution in [3.63, 3.8) is 0 Å². The lowest BCUT2D eigenvalue weighted by Crippen LogP contribution is -2.60. The van der Waals surface area contributed by atoms with Gasteiger partial charge in [0.15, 0.2) is 0 Å². The van der Waals surface area contributed by atoms with E-state index in [0.717, 1.165) is 25.1 Å². The van der Waals surface area contributed by atoms with Crippen LogP contribution in [0.4, 0.5) is 4.39 Å². The molecule has 104 valence electrons. The molecule has 19 heavy (non-hydrogen) atoms. The average Bonchev–Trinajstić information content (AvgIpc) is 2.18. The van der Waals surface area contributed by atoms with E-state index in [2.05, 4.69) is 5.32 Å². The number of hydrogen-bond donors (Lipinski definition) is 1. The minimum absolute atomic E-state index is 0.254. The molecule has 1 aromatic rings. The summed E-state index contributed by atoms with van der Waals surface area (Å²) in [6.07, 6.45) is 3.43. The van der Waals surface area contributed by atoms with E-state index in [0.29, 0.717) is 16.6 Å². The maximum atomic E-state index is 13.6. The fraction of sp³-hybridized carbons (Fsp3) is 0.600. The zero-order valence-corrected chi connectivity index (χ0v) is 12.5. The summed E-state index contributed by atoms with van der Waals surface area (Å²) >= 11 is 0. The molecule has 2 fully saturated rings. The Bertz CT molecular complexity index is 539. The van der Waals surface area contributed by atoms with Gasteiger partial charge < -0.3 is 9.88 Å². The lowest BCUT2D eigenvalue weighted by atomic mass is 9.57. The lowest BCUT2D eigenvalue weighted by molar-refractivity contribution is 0.000879. The van der Waals surface area contributed by atoms with Gasteiger partial charge in [0.25, 0.3) is 0 Å². The minimum Gasteiger partial charge on any atom is -0.319 e. The Hall–Kier alpha value is -0.660. The van der Waals surface area contributed by atoms with E-state index in [1.54, 1.807) is 19.4 Å². The van der Waals surface area contributed by atoms with Crippen molar-refractivity contribution in [2.45, 2.75) is 19.3 Å². The van der Waals surface area contributed by atoms with Gasteiger partial charge in [0.2, 0.25) is 0 Å². The second kappa shape index (κ2) is 4.43. The molecule has 1 spiro atoms. The van der Waals surface area contributed by atoms with Gasteiger partial charge in [-0.3, -0.25) is 0 Å². The van der Waals surface area contributed by atoms with Gasteiger partial charge in [-0.25, -0.2) is 4.39 Å². The molecule has 1 saturated heterocycles. The van der Waals surface area contributed by atoms with E-state index in [1.165, 1.54) is 18.9 Å². The van der Waals surface area contributed by atoms with E-state index in [9.17, 15) is 8.96 Å². The minimum atomic E-state index is -2.38. The summed E-state index contributed by atoms with van der Waals surface area (Å²) in [5.74, 6) is 0.417. The normalized spacial score (nSPS) is 22.1. The van der Waals surface area contributed by atoms with Gasteiger partial charge in [-0.05, 0) is 67.7 Å². The van der Waals surface area contributed by atoms with E-state index in [4.69, 9.17) is 0 Å². The number of rotatable bonds is 3. The molecule has 1 heterocycles. The van der Waals surface area contributed by atoms with Crippen LogP contribution in [0.5, 0.6) is 0 Å². The predicted molar refractivity (Wildman–Crippen MR) is 77.2 cm³/mol. The molecule has 1 aliphatic heterocycles. The largest absolute Gasteiger partial charge is 0.319 e. The van der Waals surface area contributed by atoms with Gasteiger partial charge in [-0.2, -0.15) is 0 Å². The molecule has 2 aliphatic rings. The van der Waals surface area contributed by atoms with E-state index in [-0.39, 0.29) is 5.82 Å². The molecule has 1 aromatic carbocycles. The Labute approximate surface area is 114 Å². The Morgan fingerprint density at radius 3 is 2.53 bits per heavy atom. The van der Waals surface area contributed by atoms with Crippen LogP contribution in [0.25, 0.3) is 0 Å². The van der Waals surface area contributed by atoms with Crippen LogP contribution >= 0.6 is 7.14 Å².